The van der Waals surface area contributed by atoms with Gasteiger partial charge in [0.15, 0.2) is 0 Å². The summed E-state index contributed by atoms with van der Waals surface area (Å²) in [6.07, 6.45) is 3.59. The number of anilines is 1. The van der Waals surface area contributed by atoms with Gasteiger partial charge in [0.05, 0.1) is 30.5 Å². The Morgan fingerprint density at radius 2 is 2.07 bits per heavy atom. The molecule has 0 amide bonds. The molecular weight excluding hydrogens is 378 g/mol. The highest BCUT2D eigenvalue weighted by atomic mass is 16.5. The van der Waals surface area contributed by atoms with Gasteiger partial charge in [-0.3, -0.25) is 14.8 Å². The summed E-state index contributed by atoms with van der Waals surface area (Å²) in [5, 5.41) is 11.9. The maximum Gasteiger partial charge on any atom is 0.136 e. The fourth-order valence-corrected chi connectivity index (χ4v) is 4.34. The van der Waals surface area contributed by atoms with Crippen LogP contribution in [0.2, 0.25) is 0 Å². The molecule has 1 N–H and O–H groups in total. The third kappa shape index (κ3) is 2.95. The third-order valence-corrected chi connectivity index (χ3v) is 5.81. The van der Waals surface area contributed by atoms with Crippen molar-refractivity contribution in [2.45, 2.75) is 26.8 Å². The van der Waals surface area contributed by atoms with Crippen molar-refractivity contribution in [1.82, 2.24) is 29.9 Å². The molecule has 0 aliphatic carbocycles. The molecule has 154 valence electrons. The van der Waals surface area contributed by atoms with Crippen molar-refractivity contribution < 1.29 is 4.74 Å². The van der Waals surface area contributed by atoms with Crippen LogP contribution in [-0.4, -0.2) is 55.7 Å². The van der Waals surface area contributed by atoms with Crippen molar-refractivity contribution in [3.8, 4) is 22.5 Å². The molecule has 4 aromatic heterocycles. The number of morpholine rings is 1. The summed E-state index contributed by atoms with van der Waals surface area (Å²) in [4.78, 5) is 12.0. The van der Waals surface area contributed by atoms with Crippen molar-refractivity contribution >= 4 is 16.9 Å². The predicted octanol–water partition coefficient (Wildman–Crippen LogP) is 3.26. The number of rotatable bonds is 3. The van der Waals surface area contributed by atoms with Crippen LogP contribution in [-0.2, 0) is 11.8 Å². The molecule has 0 unspecified atom stereocenters. The Hall–Kier alpha value is -3.26. The van der Waals surface area contributed by atoms with E-state index in [4.69, 9.17) is 14.8 Å². The normalized spacial score (nSPS) is 17.1. The van der Waals surface area contributed by atoms with Gasteiger partial charge in [0.1, 0.15) is 17.0 Å². The smallest absolute Gasteiger partial charge is 0.136 e. The second-order valence-electron chi connectivity index (χ2n) is 7.87. The first-order valence-corrected chi connectivity index (χ1v) is 10.2. The number of pyridine rings is 2. The third-order valence-electron chi connectivity index (χ3n) is 5.81. The van der Waals surface area contributed by atoms with Gasteiger partial charge in [-0.1, -0.05) is 0 Å². The molecule has 0 saturated carbocycles. The number of ether oxygens (including phenoxy) is 1. The van der Waals surface area contributed by atoms with Crippen LogP contribution in [0.25, 0.3) is 33.5 Å². The Balaban J connectivity index is 1.84. The van der Waals surface area contributed by atoms with E-state index in [9.17, 15) is 0 Å². The number of fused-ring (bicyclic) bond motifs is 1. The van der Waals surface area contributed by atoms with E-state index in [1.807, 2.05) is 24.0 Å². The zero-order chi connectivity index (χ0) is 20.8. The second kappa shape index (κ2) is 7.21. The number of H-pyrrole nitrogens is 1. The number of aryl methyl sites for hydroxylation is 3. The van der Waals surface area contributed by atoms with Crippen LogP contribution >= 0.6 is 0 Å². The summed E-state index contributed by atoms with van der Waals surface area (Å²) in [6, 6.07) is 6.41. The molecule has 0 bridgehead atoms. The Bertz CT molecular complexity index is 1190. The summed E-state index contributed by atoms with van der Waals surface area (Å²) >= 11 is 0. The number of hydrogen-bond donors (Lipinski definition) is 1. The molecule has 1 atom stereocenters. The Morgan fingerprint density at radius 3 is 2.80 bits per heavy atom. The first-order chi connectivity index (χ1) is 14.5. The number of nitrogens with zero attached hydrogens (tertiary/aromatic N) is 6. The summed E-state index contributed by atoms with van der Waals surface area (Å²) < 4.78 is 7.56. The molecule has 5 heterocycles. The van der Waals surface area contributed by atoms with E-state index in [1.165, 1.54) is 5.56 Å². The Labute approximate surface area is 174 Å². The minimum atomic E-state index is 0.250. The lowest BCUT2D eigenvalue weighted by molar-refractivity contribution is 0.0986. The highest BCUT2D eigenvalue weighted by molar-refractivity contribution is 6.01. The van der Waals surface area contributed by atoms with Crippen molar-refractivity contribution in [2.24, 2.45) is 7.05 Å². The molecule has 1 aliphatic heterocycles. The van der Waals surface area contributed by atoms with Gasteiger partial charge in [-0.25, -0.2) is 4.98 Å². The molecule has 0 radical (unpaired) electrons. The topological polar surface area (TPSA) is 84.8 Å². The first-order valence-electron chi connectivity index (χ1n) is 10.2. The molecule has 8 nitrogen and oxygen atoms in total. The van der Waals surface area contributed by atoms with E-state index >= 15 is 0 Å². The summed E-state index contributed by atoms with van der Waals surface area (Å²) in [5.41, 5.74) is 7.90. The van der Waals surface area contributed by atoms with Gasteiger partial charge in [0.2, 0.25) is 0 Å². The minimum Gasteiger partial charge on any atom is -0.377 e. The van der Waals surface area contributed by atoms with Crippen molar-refractivity contribution in [3.63, 3.8) is 0 Å². The average molecular weight is 403 g/mol. The van der Waals surface area contributed by atoms with E-state index in [0.29, 0.717) is 13.2 Å². The number of aromatic amines is 1. The average Bonchev–Trinajstić information content (AvgIpc) is 3.36. The molecule has 8 heteroatoms. The molecule has 1 saturated heterocycles. The molecule has 0 aromatic carbocycles. The van der Waals surface area contributed by atoms with E-state index in [0.717, 1.165) is 51.6 Å². The molecule has 1 aliphatic rings. The van der Waals surface area contributed by atoms with Crippen molar-refractivity contribution in [3.05, 3.63) is 41.9 Å². The van der Waals surface area contributed by atoms with Gasteiger partial charge < -0.3 is 9.64 Å². The van der Waals surface area contributed by atoms with Gasteiger partial charge >= 0.3 is 0 Å². The molecule has 1 fully saturated rings. The lowest BCUT2D eigenvalue weighted by Gasteiger charge is -2.34. The van der Waals surface area contributed by atoms with Crippen LogP contribution in [0.3, 0.4) is 0 Å². The molecule has 4 aromatic rings. The van der Waals surface area contributed by atoms with Crippen molar-refractivity contribution in [1.29, 1.82) is 0 Å². The fourth-order valence-electron chi connectivity index (χ4n) is 4.34. The fraction of sp³-hybridized carbons (Fsp3) is 0.364. The monoisotopic (exact) mass is 403 g/mol. The van der Waals surface area contributed by atoms with Crippen LogP contribution in [0.4, 0.5) is 5.82 Å². The van der Waals surface area contributed by atoms with E-state index in [1.54, 1.807) is 6.20 Å². The first kappa shape index (κ1) is 18.7. The van der Waals surface area contributed by atoms with Gasteiger partial charge in [-0.05, 0) is 44.5 Å². The van der Waals surface area contributed by atoms with Crippen LogP contribution in [0.15, 0.2) is 30.6 Å². The summed E-state index contributed by atoms with van der Waals surface area (Å²) in [6.45, 7) is 8.55. The van der Waals surface area contributed by atoms with Gasteiger partial charge in [-0.15, -0.1) is 0 Å². The predicted molar refractivity (Wildman–Crippen MR) is 116 cm³/mol. The maximum absolute atomic E-state index is 5.65. The highest BCUT2D eigenvalue weighted by Crippen LogP contribution is 2.38. The highest BCUT2D eigenvalue weighted by Gasteiger charge is 2.25. The van der Waals surface area contributed by atoms with Gasteiger partial charge in [-0.2, -0.15) is 10.2 Å². The summed E-state index contributed by atoms with van der Waals surface area (Å²) in [5.74, 6) is 0.935. The second-order valence-corrected chi connectivity index (χ2v) is 7.87. The number of aromatic nitrogens is 6. The lowest BCUT2D eigenvalue weighted by atomic mass is 9.98. The Kier molecular flexibility index (Phi) is 4.51. The minimum absolute atomic E-state index is 0.250. The van der Waals surface area contributed by atoms with Crippen molar-refractivity contribution in [2.75, 3.05) is 24.7 Å². The zero-order valence-electron chi connectivity index (χ0n) is 17.7. The van der Waals surface area contributed by atoms with E-state index in [2.05, 4.69) is 53.0 Å². The van der Waals surface area contributed by atoms with Crippen LogP contribution in [0, 0.1) is 13.8 Å². The van der Waals surface area contributed by atoms with Crippen LogP contribution in [0.5, 0.6) is 0 Å². The van der Waals surface area contributed by atoms with Crippen LogP contribution in [0.1, 0.15) is 18.2 Å². The van der Waals surface area contributed by atoms with Crippen LogP contribution < -0.4 is 4.90 Å². The summed E-state index contributed by atoms with van der Waals surface area (Å²) in [7, 11) is 1.96. The molecule has 0 spiro atoms. The Morgan fingerprint density at radius 1 is 1.20 bits per heavy atom. The lowest BCUT2D eigenvalue weighted by Crippen LogP contribution is -2.44. The van der Waals surface area contributed by atoms with E-state index in [-0.39, 0.29) is 6.04 Å². The molecule has 30 heavy (non-hydrogen) atoms. The standard InChI is InChI=1S/C22H25N7O/c1-13-5-7-23-15(3)19(13)16-11-18(29-9-10-30-12-14(29)2)25-21-20(17-6-8-24-26-17)27-28(4)22(16)21/h5-8,11,14H,9-10,12H2,1-4H3,(H,24,26)/t14-/m1/s1. The zero-order valence-corrected chi connectivity index (χ0v) is 17.7. The maximum atomic E-state index is 5.65. The van der Waals surface area contributed by atoms with E-state index < -0.39 is 0 Å². The SMILES string of the molecule is Cc1ccnc(C)c1-c1cc(N2CCOC[C@H]2C)nc2c(-c3ccn[nH]3)nn(C)c12. The quantitative estimate of drug-likeness (QED) is 0.565. The largest absolute Gasteiger partial charge is 0.377 e. The number of hydrogen-bond acceptors (Lipinski definition) is 6. The number of nitrogens with one attached hydrogen (secondary N) is 1. The van der Waals surface area contributed by atoms with Gasteiger partial charge in [0.25, 0.3) is 0 Å². The van der Waals surface area contributed by atoms with Gasteiger partial charge in [0, 0.05) is 42.8 Å². The molecular formula is C22H25N7O. The molecule has 5 rings (SSSR count).